The van der Waals surface area contributed by atoms with E-state index in [-0.39, 0.29) is 30.2 Å². The second-order valence-electron chi connectivity index (χ2n) is 7.56. The predicted molar refractivity (Wildman–Crippen MR) is 121 cm³/mol. The summed E-state index contributed by atoms with van der Waals surface area (Å²) in [6, 6.07) is 7.46. The van der Waals surface area contributed by atoms with Crippen molar-refractivity contribution in [1.82, 2.24) is 10.6 Å². The highest BCUT2D eigenvalue weighted by atomic mass is 16.3. The number of allylic oxidation sites excluding steroid dienone is 5. The molecule has 3 unspecified atom stereocenters. The van der Waals surface area contributed by atoms with Crippen molar-refractivity contribution in [2.24, 2.45) is 5.92 Å². The van der Waals surface area contributed by atoms with Crippen molar-refractivity contribution in [3.05, 3.63) is 84.5 Å². The number of hydrogen-bond donors (Lipinski definition) is 3. The largest absolute Gasteiger partial charge is 0.390 e. The van der Waals surface area contributed by atoms with Crippen LogP contribution in [0.5, 0.6) is 0 Å². The average Bonchev–Trinajstić information content (AvgIpc) is 3.05. The number of carbonyl (C=O) groups is 2. The van der Waals surface area contributed by atoms with Crippen molar-refractivity contribution in [1.29, 1.82) is 0 Å². The Morgan fingerprint density at radius 3 is 2.80 bits per heavy atom. The van der Waals surface area contributed by atoms with Gasteiger partial charge in [-0.2, -0.15) is 0 Å². The van der Waals surface area contributed by atoms with Crippen LogP contribution in [-0.2, 0) is 16.0 Å². The van der Waals surface area contributed by atoms with E-state index in [9.17, 15) is 14.7 Å². The fraction of sp³-hybridized carbons (Fsp3) is 0.360. The van der Waals surface area contributed by atoms with Gasteiger partial charge in [-0.05, 0) is 29.5 Å². The van der Waals surface area contributed by atoms with Crippen LogP contribution in [0.3, 0.4) is 0 Å². The maximum absolute atomic E-state index is 12.5. The second-order valence-corrected chi connectivity index (χ2v) is 7.56. The minimum atomic E-state index is -0.589. The fourth-order valence-corrected chi connectivity index (χ4v) is 3.51. The lowest BCUT2D eigenvalue weighted by molar-refractivity contribution is -0.126. The van der Waals surface area contributed by atoms with E-state index >= 15 is 0 Å². The Labute approximate surface area is 179 Å². The van der Waals surface area contributed by atoms with Crippen LogP contribution in [0.4, 0.5) is 0 Å². The summed E-state index contributed by atoms with van der Waals surface area (Å²) in [4.78, 5) is 24.4. The standard InChI is InChI=1S/C25H32N2O3/c1-4-10-19(5-2)12-8-15-23(29)26-16-9-11-18(3)25(30)27-24-21-14-7-6-13-20(21)17-22(24)28/h4-8,10,12-14,18,22,24,28H,1-2,9,11,15-17H2,3H3,(H,26,29)(H,27,30)/b12-8-,19-10-. The van der Waals surface area contributed by atoms with Crippen LogP contribution in [0.1, 0.15) is 43.4 Å². The molecule has 0 saturated heterocycles. The van der Waals surface area contributed by atoms with Gasteiger partial charge in [-0.1, -0.05) is 74.7 Å². The van der Waals surface area contributed by atoms with E-state index in [1.807, 2.05) is 43.3 Å². The maximum Gasteiger partial charge on any atom is 0.223 e. The van der Waals surface area contributed by atoms with Crippen LogP contribution in [-0.4, -0.2) is 29.6 Å². The number of amides is 2. The van der Waals surface area contributed by atoms with Crippen LogP contribution in [0.2, 0.25) is 0 Å². The number of nitrogens with one attached hydrogen (secondary N) is 2. The highest BCUT2D eigenvalue weighted by Crippen LogP contribution is 2.31. The first-order valence-electron chi connectivity index (χ1n) is 10.4. The van der Waals surface area contributed by atoms with E-state index in [0.717, 1.165) is 16.7 Å². The van der Waals surface area contributed by atoms with Crippen molar-refractivity contribution in [2.45, 2.75) is 44.8 Å². The van der Waals surface area contributed by atoms with E-state index in [1.54, 1.807) is 18.2 Å². The van der Waals surface area contributed by atoms with Crippen molar-refractivity contribution in [2.75, 3.05) is 6.54 Å². The normalized spacial score (nSPS) is 19.2. The smallest absolute Gasteiger partial charge is 0.223 e. The second kappa shape index (κ2) is 11.9. The number of aliphatic hydroxyl groups is 1. The van der Waals surface area contributed by atoms with Gasteiger partial charge in [0.15, 0.2) is 0 Å². The van der Waals surface area contributed by atoms with E-state index in [0.29, 0.717) is 25.8 Å². The molecule has 0 aliphatic heterocycles. The molecular formula is C25H32N2O3. The SMILES string of the molecule is C=C/C=C(C=C)\C=C/CC(=O)NCCCC(C)C(=O)NC1c2ccccc2CC1O. The van der Waals surface area contributed by atoms with Crippen molar-refractivity contribution < 1.29 is 14.7 Å². The minimum absolute atomic E-state index is 0.0592. The molecule has 0 spiro atoms. The summed E-state index contributed by atoms with van der Waals surface area (Å²) in [6.07, 6.45) is 10.4. The summed E-state index contributed by atoms with van der Waals surface area (Å²) in [5.74, 6) is -0.326. The van der Waals surface area contributed by atoms with Gasteiger partial charge >= 0.3 is 0 Å². The highest BCUT2D eigenvalue weighted by Gasteiger charge is 2.32. The van der Waals surface area contributed by atoms with E-state index in [1.165, 1.54) is 0 Å². The van der Waals surface area contributed by atoms with Crippen molar-refractivity contribution in [3.63, 3.8) is 0 Å². The summed E-state index contributed by atoms with van der Waals surface area (Å²) in [7, 11) is 0. The Morgan fingerprint density at radius 2 is 2.07 bits per heavy atom. The van der Waals surface area contributed by atoms with E-state index in [2.05, 4.69) is 23.8 Å². The molecule has 2 amide bonds. The van der Waals surface area contributed by atoms with Gasteiger partial charge in [-0.3, -0.25) is 9.59 Å². The predicted octanol–water partition coefficient (Wildman–Crippen LogP) is 3.54. The van der Waals surface area contributed by atoms with Crippen LogP contribution >= 0.6 is 0 Å². The number of benzene rings is 1. The Morgan fingerprint density at radius 1 is 1.30 bits per heavy atom. The molecular weight excluding hydrogens is 376 g/mol. The van der Waals surface area contributed by atoms with E-state index in [4.69, 9.17) is 0 Å². The zero-order valence-electron chi connectivity index (χ0n) is 17.6. The van der Waals surface area contributed by atoms with Gasteiger partial charge in [0, 0.05) is 25.3 Å². The van der Waals surface area contributed by atoms with Gasteiger partial charge in [0.2, 0.25) is 11.8 Å². The van der Waals surface area contributed by atoms with Crippen LogP contribution in [0.15, 0.2) is 73.4 Å². The Hall–Kier alpha value is -2.92. The minimum Gasteiger partial charge on any atom is -0.390 e. The van der Waals surface area contributed by atoms with Gasteiger partial charge in [0.1, 0.15) is 0 Å². The monoisotopic (exact) mass is 408 g/mol. The van der Waals surface area contributed by atoms with Gasteiger partial charge in [-0.15, -0.1) is 0 Å². The number of carbonyl (C=O) groups excluding carboxylic acids is 2. The zero-order chi connectivity index (χ0) is 21.9. The number of fused-ring (bicyclic) bond motifs is 1. The molecule has 5 nitrogen and oxygen atoms in total. The number of aliphatic hydroxyl groups excluding tert-OH is 1. The molecule has 5 heteroatoms. The number of hydrogen-bond acceptors (Lipinski definition) is 3. The molecule has 1 aliphatic carbocycles. The Balaban J connectivity index is 1.69. The summed E-state index contributed by atoms with van der Waals surface area (Å²) < 4.78 is 0. The quantitative estimate of drug-likeness (QED) is 0.387. The molecule has 0 bridgehead atoms. The third-order valence-corrected chi connectivity index (χ3v) is 5.24. The lowest BCUT2D eigenvalue weighted by Gasteiger charge is -2.20. The average molecular weight is 409 g/mol. The van der Waals surface area contributed by atoms with Gasteiger partial charge in [0.05, 0.1) is 12.1 Å². The number of rotatable bonds is 11. The first kappa shape index (κ1) is 23.4. The van der Waals surface area contributed by atoms with Crippen LogP contribution < -0.4 is 10.6 Å². The fourth-order valence-electron chi connectivity index (χ4n) is 3.51. The molecule has 0 saturated carbocycles. The molecule has 0 radical (unpaired) electrons. The summed E-state index contributed by atoms with van der Waals surface area (Å²) in [5, 5.41) is 16.1. The molecule has 0 fully saturated rings. The van der Waals surface area contributed by atoms with Crippen molar-refractivity contribution >= 4 is 11.8 Å². The summed E-state index contributed by atoms with van der Waals surface area (Å²) in [6.45, 7) is 9.73. The molecule has 30 heavy (non-hydrogen) atoms. The molecule has 1 aromatic carbocycles. The van der Waals surface area contributed by atoms with E-state index < -0.39 is 6.10 Å². The topological polar surface area (TPSA) is 78.4 Å². The molecule has 160 valence electrons. The lowest BCUT2D eigenvalue weighted by atomic mass is 10.0. The maximum atomic E-state index is 12.5. The molecule has 1 aliphatic rings. The Kier molecular flexibility index (Phi) is 9.29. The summed E-state index contributed by atoms with van der Waals surface area (Å²) in [5.41, 5.74) is 2.97. The van der Waals surface area contributed by atoms with Crippen LogP contribution in [0, 0.1) is 5.92 Å². The Bertz CT molecular complexity index is 825. The lowest BCUT2D eigenvalue weighted by Crippen LogP contribution is -2.37. The molecule has 2 rings (SSSR count). The third kappa shape index (κ3) is 6.85. The van der Waals surface area contributed by atoms with Crippen molar-refractivity contribution in [3.8, 4) is 0 Å². The molecule has 1 aromatic rings. The molecule has 0 aromatic heterocycles. The first-order chi connectivity index (χ1) is 14.5. The first-order valence-corrected chi connectivity index (χ1v) is 10.4. The van der Waals surface area contributed by atoms with Gasteiger partial charge < -0.3 is 15.7 Å². The van der Waals surface area contributed by atoms with Crippen LogP contribution in [0.25, 0.3) is 0 Å². The third-order valence-electron chi connectivity index (χ3n) is 5.24. The summed E-state index contributed by atoms with van der Waals surface area (Å²) >= 11 is 0. The van der Waals surface area contributed by atoms with Gasteiger partial charge in [-0.25, -0.2) is 0 Å². The molecule has 3 N–H and O–H groups in total. The molecule has 3 atom stereocenters. The zero-order valence-corrected chi connectivity index (χ0v) is 17.6. The highest BCUT2D eigenvalue weighted by molar-refractivity contribution is 5.79. The molecule has 0 heterocycles. The van der Waals surface area contributed by atoms with Gasteiger partial charge in [0.25, 0.3) is 0 Å².